The van der Waals surface area contributed by atoms with Crippen molar-refractivity contribution >= 4 is 22.9 Å². The van der Waals surface area contributed by atoms with Crippen molar-refractivity contribution < 1.29 is 4.74 Å². The maximum Gasteiger partial charge on any atom is 0.226 e. The number of anilines is 2. The Bertz CT molecular complexity index is 497. The van der Waals surface area contributed by atoms with Gasteiger partial charge in [-0.25, -0.2) is 4.98 Å². The molecule has 0 saturated carbocycles. The lowest BCUT2D eigenvalue weighted by atomic mass is 10.4. The van der Waals surface area contributed by atoms with Crippen LogP contribution in [0.15, 0.2) is 6.33 Å². The van der Waals surface area contributed by atoms with Gasteiger partial charge in [0.2, 0.25) is 5.95 Å². The van der Waals surface area contributed by atoms with E-state index >= 15 is 0 Å². The average molecular weight is 236 g/mol. The van der Waals surface area contributed by atoms with Crippen molar-refractivity contribution in [3.05, 3.63) is 6.33 Å². The second-order valence-electron chi connectivity index (χ2n) is 3.64. The summed E-state index contributed by atoms with van der Waals surface area (Å²) in [6.07, 6.45) is 1.62. The molecular formula is C10H16N6O. The first-order chi connectivity index (χ1) is 8.26. The van der Waals surface area contributed by atoms with Crippen molar-refractivity contribution in [3.63, 3.8) is 0 Å². The molecule has 2 heterocycles. The molecule has 0 atom stereocenters. The van der Waals surface area contributed by atoms with Crippen LogP contribution in [0.4, 0.5) is 11.8 Å². The predicted octanol–water partition coefficient (Wildman–Crippen LogP) is 0.477. The highest BCUT2D eigenvalue weighted by Gasteiger charge is 2.12. The van der Waals surface area contributed by atoms with Gasteiger partial charge >= 0.3 is 0 Å². The van der Waals surface area contributed by atoms with E-state index < -0.39 is 0 Å². The van der Waals surface area contributed by atoms with Gasteiger partial charge in [-0.1, -0.05) is 0 Å². The molecule has 17 heavy (non-hydrogen) atoms. The van der Waals surface area contributed by atoms with Gasteiger partial charge in [0, 0.05) is 27.7 Å². The first-order valence-corrected chi connectivity index (χ1v) is 5.35. The van der Waals surface area contributed by atoms with E-state index in [1.807, 2.05) is 11.9 Å². The standard InChI is InChI=1S/C10H16N6O/c1-11-10-14-8-7(12-6-13-8)9(15-10)16(2)4-5-17-3/h6H,4-5H2,1-3H3,(H2,11,12,13,14,15). The summed E-state index contributed by atoms with van der Waals surface area (Å²) in [5.74, 6) is 1.37. The number of nitrogens with zero attached hydrogens (tertiary/aromatic N) is 4. The number of fused-ring (bicyclic) bond motifs is 1. The van der Waals surface area contributed by atoms with E-state index in [9.17, 15) is 0 Å². The van der Waals surface area contributed by atoms with E-state index in [1.165, 1.54) is 0 Å². The molecule has 0 radical (unpaired) electrons. The van der Waals surface area contributed by atoms with Crippen LogP contribution >= 0.6 is 0 Å². The Morgan fingerprint density at radius 3 is 3.00 bits per heavy atom. The summed E-state index contributed by atoms with van der Waals surface area (Å²) >= 11 is 0. The minimum Gasteiger partial charge on any atom is -0.383 e. The maximum absolute atomic E-state index is 5.06. The number of H-pyrrole nitrogens is 1. The SMILES string of the molecule is CNc1nc(N(C)CCOC)c2[nH]cnc2n1. The molecule has 7 nitrogen and oxygen atoms in total. The number of aromatic amines is 1. The first-order valence-electron chi connectivity index (χ1n) is 5.35. The van der Waals surface area contributed by atoms with Crippen LogP contribution in [0.25, 0.3) is 11.2 Å². The van der Waals surface area contributed by atoms with Gasteiger partial charge in [0.1, 0.15) is 5.52 Å². The van der Waals surface area contributed by atoms with E-state index in [1.54, 1.807) is 20.5 Å². The molecule has 2 N–H and O–H groups in total. The molecule has 2 rings (SSSR count). The summed E-state index contributed by atoms with van der Waals surface area (Å²) in [5.41, 5.74) is 1.49. The third-order valence-electron chi connectivity index (χ3n) is 2.48. The molecule has 0 aliphatic rings. The smallest absolute Gasteiger partial charge is 0.226 e. The van der Waals surface area contributed by atoms with Gasteiger partial charge in [-0.05, 0) is 0 Å². The zero-order valence-corrected chi connectivity index (χ0v) is 10.2. The number of nitrogens with one attached hydrogen (secondary N) is 2. The molecule has 0 amide bonds. The van der Waals surface area contributed by atoms with E-state index in [4.69, 9.17) is 4.74 Å². The van der Waals surface area contributed by atoms with E-state index in [2.05, 4.69) is 25.3 Å². The molecule has 0 aromatic carbocycles. The lowest BCUT2D eigenvalue weighted by Crippen LogP contribution is -2.23. The minimum absolute atomic E-state index is 0.559. The lowest BCUT2D eigenvalue weighted by molar-refractivity contribution is 0.206. The Morgan fingerprint density at radius 1 is 1.47 bits per heavy atom. The van der Waals surface area contributed by atoms with Crippen molar-refractivity contribution in [2.75, 3.05) is 44.6 Å². The van der Waals surface area contributed by atoms with E-state index in [0.717, 1.165) is 17.9 Å². The van der Waals surface area contributed by atoms with Gasteiger partial charge in [0.25, 0.3) is 0 Å². The molecule has 7 heteroatoms. The Labute approximate surface area is 99.2 Å². The van der Waals surface area contributed by atoms with Crippen LogP contribution in [0.5, 0.6) is 0 Å². The zero-order chi connectivity index (χ0) is 12.3. The van der Waals surface area contributed by atoms with Crippen molar-refractivity contribution in [2.45, 2.75) is 0 Å². The summed E-state index contributed by atoms with van der Waals surface area (Å²) in [7, 11) is 5.42. The largest absolute Gasteiger partial charge is 0.383 e. The molecule has 92 valence electrons. The minimum atomic E-state index is 0.559. The summed E-state index contributed by atoms with van der Waals surface area (Å²) < 4.78 is 5.06. The Hall–Kier alpha value is -1.89. The monoisotopic (exact) mass is 236 g/mol. The summed E-state index contributed by atoms with van der Waals surface area (Å²) in [5, 5.41) is 2.93. The van der Waals surface area contributed by atoms with Gasteiger partial charge in [-0.3, -0.25) is 0 Å². The van der Waals surface area contributed by atoms with Crippen molar-refractivity contribution in [1.29, 1.82) is 0 Å². The normalized spacial score (nSPS) is 10.8. The highest BCUT2D eigenvalue weighted by Crippen LogP contribution is 2.21. The van der Waals surface area contributed by atoms with Gasteiger partial charge in [0.05, 0.1) is 12.9 Å². The number of hydrogen-bond donors (Lipinski definition) is 2. The Balaban J connectivity index is 2.39. The van der Waals surface area contributed by atoms with E-state index in [0.29, 0.717) is 18.2 Å². The van der Waals surface area contributed by atoms with Gasteiger partial charge < -0.3 is 19.9 Å². The summed E-state index contributed by atoms with van der Waals surface area (Å²) in [6, 6.07) is 0. The average Bonchev–Trinajstić information content (AvgIpc) is 2.82. The van der Waals surface area contributed by atoms with Crippen molar-refractivity contribution in [1.82, 2.24) is 19.9 Å². The second kappa shape index (κ2) is 4.96. The maximum atomic E-state index is 5.06. The van der Waals surface area contributed by atoms with Crippen LogP contribution in [0, 0.1) is 0 Å². The molecule has 0 spiro atoms. The highest BCUT2D eigenvalue weighted by molar-refractivity contribution is 5.84. The van der Waals surface area contributed by atoms with Crippen molar-refractivity contribution in [2.24, 2.45) is 0 Å². The van der Waals surface area contributed by atoms with Gasteiger partial charge in [0.15, 0.2) is 11.5 Å². The molecule has 0 fully saturated rings. The second-order valence-corrected chi connectivity index (χ2v) is 3.64. The fraction of sp³-hybridized carbons (Fsp3) is 0.500. The molecule has 0 bridgehead atoms. The molecular weight excluding hydrogens is 220 g/mol. The topological polar surface area (TPSA) is 79.0 Å². The van der Waals surface area contributed by atoms with Crippen LogP contribution in [0.2, 0.25) is 0 Å². The van der Waals surface area contributed by atoms with E-state index in [-0.39, 0.29) is 0 Å². The predicted molar refractivity (Wildman–Crippen MR) is 66.4 cm³/mol. The molecule has 0 aliphatic carbocycles. The fourth-order valence-electron chi connectivity index (χ4n) is 1.54. The van der Waals surface area contributed by atoms with Crippen LogP contribution in [-0.2, 0) is 4.74 Å². The zero-order valence-electron chi connectivity index (χ0n) is 10.2. The van der Waals surface area contributed by atoms with Gasteiger partial charge in [-0.15, -0.1) is 0 Å². The molecule has 2 aromatic heterocycles. The molecule has 0 saturated heterocycles. The summed E-state index contributed by atoms with van der Waals surface area (Å²) in [4.78, 5) is 17.9. The third kappa shape index (κ3) is 2.28. The van der Waals surface area contributed by atoms with Gasteiger partial charge in [-0.2, -0.15) is 9.97 Å². The number of methoxy groups -OCH3 is 1. The van der Waals surface area contributed by atoms with Crippen molar-refractivity contribution in [3.8, 4) is 0 Å². The number of rotatable bonds is 5. The number of imidazole rings is 1. The highest BCUT2D eigenvalue weighted by atomic mass is 16.5. The molecule has 0 unspecified atom stereocenters. The van der Waals surface area contributed by atoms with Crippen LogP contribution in [-0.4, -0.2) is 54.3 Å². The fourth-order valence-corrected chi connectivity index (χ4v) is 1.54. The number of ether oxygens (including phenoxy) is 1. The quantitative estimate of drug-likeness (QED) is 0.786. The third-order valence-corrected chi connectivity index (χ3v) is 2.48. The number of aromatic nitrogens is 4. The first kappa shape index (κ1) is 11.6. The number of hydrogen-bond acceptors (Lipinski definition) is 6. The number of likely N-dealkylation sites (N-methyl/N-ethyl adjacent to an activating group) is 1. The molecule has 0 aliphatic heterocycles. The van der Waals surface area contributed by atoms with Crippen LogP contribution in [0.1, 0.15) is 0 Å². The molecule has 2 aromatic rings. The lowest BCUT2D eigenvalue weighted by Gasteiger charge is -2.18. The Morgan fingerprint density at radius 2 is 2.29 bits per heavy atom. The van der Waals surface area contributed by atoms with Crippen LogP contribution in [0.3, 0.4) is 0 Å². The Kier molecular flexibility index (Phi) is 3.38. The van der Waals surface area contributed by atoms with Crippen LogP contribution < -0.4 is 10.2 Å². The summed E-state index contributed by atoms with van der Waals surface area (Å²) in [6.45, 7) is 1.40.